The Morgan fingerprint density at radius 1 is 1.29 bits per heavy atom. The third-order valence-electron chi connectivity index (χ3n) is 3.29. The predicted octanol–water partition coefficient (Wildman–Crippen LogP) is 4.64. The van der Waals surface area contributed by atoms with Crippen molar-refractivity contribution in [3.63, 3.8) is 0 Å². The van der Waals surface area contributed by atoms with Crippen LogP contribution in [-0.2, 0) is 6.18 Å². The highest BCUT2D eigenvalue weighted by Crippen LogP contribution is 2.34. The normalized spacial score (nSPS) is 11.7. The predicted molar refractivity (Wildman–Crippen MR) is 86.6 cm³/mol. The second-order valence-electron chi connectivity index (χ2n) is 4.89. The Bertz CT molecular complexity index is 926. The topological polar surface area (TPSA) is 46.1 Å². The average molecular weight is 372 g/mol. The van der Waals surface area contributed by atoms with Gasteiger partial charge in [-0.05, 0) is 24.3 Å². The van der Waals surface area contributed by atoms with Crippen LogP contribution in [0, 0.1) is 0 Å². The van der Waals surface area contributed by atoms with Crippen LogP contribution in [0.5, 0.6) is 0 Å². The molecule has 4 nitrogen and oxygen atoms in total. The van der Waals surface area contributed by atoms with Crippen molar-refractivity contribution in [1.29, 1.82) is 0 Å². The van der Waals surface area contributed by atoms with Crippen LogP contribution in [0.25, 0.3) is 10.2 Å². The van der Waals surface area contributed by atoms with E-state index in [0.29, 0.717) is 10.5 Å². The molecule has 0 fully saturated rings. The molecule has 0 aliphatic carbocycles. The number of carbonyl (C=O) groups is 1. The van der Waals surface area contributed by atoms with Gasteiger partial charge >= 0.3 is 6.18 Å². The number of thiazole rings is 1. The lowest BCUT2D eigenvalue weighted by molar-refractivity contribution is -0.138. The van der Waals surface area contributed by atoms with Gasteiger partial charge in [0.05, 0.1) is 21.3 Å². The zero-order valence-electron chi connectivity index (χ0n) is 12.1. The molecule has 0 atom stereocenters. The Morgan fingerprint density at radius 3 is 2.75 bits per heavy atom. The van der Waals surface area contributed by atoms with Crippen molar-refractivity contribution in [3.05, 3.63) is 52.8 Å². The third kappa shape index (κ3) is 3.07. The first-order chi connectivity index (χ1) is 11.3. The van der Waals surface area contributed by atoms with Gasteiger partial charge in [-0.3, -0.25) is 14.7 Å². The molecule has 3 rings (SSSR count). The lowest BCUT2D eigenvalue weighted by atomic mass is 10.1. The van der Waals surface area contributed by atoms with E-state index in [1.165, 1.54) is 18.4 Å². The summed E-state index contributed by atoms with van der Waals surface area (Å²) in [6, 6.07) is 5.82. The van der Waals surface area contributed by atoms with E-state index < -0.39 is 23.2 Å². The van der Waals surface area contributed by atoms with E-state index in [1.54, 1.807) is 18.2 Å². The van der Waals surface area contributed by atoms with Gasteiger partial charge in [-0.25, -0.2) is 4.98 Å². The molecule has 124 valence electrons. The number of rotatable bonds is 2. The number of halogens is 4. The van der Waals surface area contributed by atoms with Gasteiger partial charge in [0.2, 0.25) is 0 Å². The van der Waals surface area contributed by atoms with Crippen molar-refractivity contribution in [2.75, 3.05) is 11.9 Å². The highest BCUT2D eigenvalue weighted by Gasteiger charge is 2.36. The van der Waals surface area contributed by atoms with Crippen LogP contribution in [0.1, 0.15) is 15.9 Å². The summed E-state index contributed by atoms with van der Waals surface area (Å²) in [7, 11) is 1.37. The maximum Gasteiger partial charge on any atom is 0.417 e. The lowest BCUT2D eigenvalue weighted by Gasteiger charge is -2.17. The molecular formula is C15H9ClF3N3OS. The SMILES string of the molecule is CN(C(=O)c1cnccc1C(F)(F)F)c1nc2cc(Cl)ccc2s1. The van der Waals surface area contributed by atoms with E-state index in [9.17, 15) is 18.0 Å². The molecule has 0 spiro atoms. The van der Waals surface area contributed by atoms with Crippen LogP contribution in [0.15, 0.2) is 36.7 Å². The molecule has 9 heteroatoms. The fraction of sp³-hybridized carbons (Fsp3) is 0.133. The first-order valence-electron chi connectivity index (χ1n) is 6.63. The van der Waals surface area contributed by atoms with E-state index in [0.717, 1.165) is 28.1 Å². The van der Waals surface area contributed by atoms with Crippen molar-refractivity contribution in [1.82, 2.24) is 9.97 Å². The summed E-state index contributed by atoms with van der Waals surface area (Å²) in [6.07, 6.45) is -2.74. The van der Waals surface area contributed by atoms with Gasteiger partial charge in [0.25, 0.3) is 5.91 Å². The molecule has 0 radical (unpaired) electrons. The molecule has 1 aromatic carbocycles. The van der Waals surface area contributed by atoms with Crippen LogP contribution >= 0.6 is 22.9 Å². The number of hydrogen-bond donors (Lipinski definition) is 0. The maximum atomic E-state index is 13.1. The molecule has 24 heavy (non-hydrogen) atoms. The van der Waals surface area contributed by atoms with E-state index in [4.69, 9.17) is 11.6 Å². The average Bonchev–Trinajstić information content (AvgIpc) is 2.95. The second kappa shape index (κ2) is 6.03. The Hall–Kier alpha value is -2.19. The molecule has 0 saturated heterocycles. The van der Waals surface area contributed by atoms with Gasteiger partial charge in [0.1, 0.15) is 0 Å². The number of pyridine rings is 1. The standard InChI is InChI=1S/C15H9ClF3N3OS/c1-22(14-21-11-6-8(16)2-3-12(11)24-14)13(23)9-7-20-5-4-10(9)15(17,18)19/h2-7H,1H3. The quantitative estimate of drug-likeness (QED) is 0.659. The highest BCUT2D eigenvalue weighted by molar-refractivity contribution is 7.22. The Morgan fingerprint density at radius 2 is 2.04 bits per heavy atom. The Labute approximate surface area is 143 Å². The molecule has 0 aliphatic rings. The van der Waals surface area contributed by atoms with E-state index in [-0.39, 0.29) is 5.13 Å². The van der Waals surface area contributed by atoms with Gasteiger partial charge in [-0.15, -0.1) is 0 Å². The lowest BCUT2D eigenvalue weighted by Crippen LogP contribution is -2.28. The van der Waals surface area contributed by atoms with E-state index in [1.807, 2.05) is 0 Å². The summed E-state index contributed by atoms with van der Waals surface area (Å²) in [4.78, 5) is 21.4. The van der Waals surface area contributed by atoms with Crippen molar-refractivity contribution in [3.8, 4) is 0 Å². The van der Waals surface area contributed by atoms with Crippen molar-refractivity contribution < 1.29 is 18.0 Å². The van der Waals surface area contributed by atoms with Crippen molar-refractivity contribution >= 4 is 44.2 Å². The van der Waals surface area contributed by atoms with Crippen molar-refractivity contribution in [2.45, 2.75) is 6.18 Å². The van der Waals surface area contributed by atoms with Crippen LogP contribution < -0.4 is 4.90 Å². The van der Waals surface area contributed by atoms with Gasteiger partial charge in [0, 0.05) is 24.5 Å². The monoisotopic (exact) mass is 371 g/mol. The summed E-state index contributed by atoms with van der Waals surface area (Å²) in [5.74, 6) is -0.833. The molecule has 1 amide bonds. The molecular weight excluding hydrogens is 363 g/mol. The molecule has 3 aromatic rings. The second-order valence-corrected chi connectivity index (χ2v) is 6.34. The maximum absolute atomic E-state index is 13.1. The van der Waals surface area contributed by atoms with Crippen LogP contribution in [0.3, 0.4) is 0 Å². The fourth-order valence-corrected chi connectivity index (χ4v) is 3.18. The number of benzene rings is 1. The summed E-state index contributed by atoms with van der Waals surface area (Å²) in [6.45, 7) is 0. The number of aromatic nitrogens is 2. The third-order valence-corrected chi connectivity index (χ3v) is 4.63. The van der Waals surface area contributed by atoms with Gasteiger partial charge < -0.3 is 0 Å². The molecule has 0 bridgehead atoms. The van der Waals surface area contributed by atoms with Gasteiger partial charge in [0.15, 0.2) is 5.13 Å². The molecule has 0 aliphatic heterocycles. The number of carbonyl (C=O) groups excluding carboxylic acids is 1. The number of alkyl halides is 3. The van der Waals surface area contributed by atoms with Crippen molar-refractivity contribution in [2.24, 2.45) is 0 Å². The number of nitrogens with zero attached hydrogens (tertiary/aromatic N) is 3. The number of hydrogen-bond acceptors (Lipinski definition) is 4. The van der Waals surface area contributed by atoms with E-state index >= 15 is 0 Å². The Balaban J connectivity index is 2.00. The highest BCUT2D eigenvalue weighted by atomic mass is 35.5. The molecule has 0 unspecified atom stereocenters. The molecule has 2 heterocycles. The minimum Gasteiger partial charge on any atom is -0.287 e. The number of fused-ring (bicyclic) bond motifs is 1. The Kier molecular flexibility index (Phi) is 4.18. The molecule has 0 N–H and O–H groups in total. The van der Waals surface area contributed by atoms with Gasteiger partial charge in [-0.1, -0.05) is 22.9 Å². The summed E-state index contributed by atoms with van der Waals surface area (Å²) in [5, 5.41) is 0.759. The minimum atomic E-state index is -4.64. The minimum absolute atomic E-state index is 0.272. The smallest absolute Gasteiger partial charge is 0.287 e. The molecule has 2 aromatic heterocycles. The molecule has 0 saturated carbocycles. The summed E-state index contributed by atoms with van der Waals surface area (Å²) >= 11 is 7.07. The van der Waals surface area contributed by atoms with Crippen LogP contribution in [0.4, 0.5) is 18.3 Å². The summed E-state index contributed by atoms with van der Waals surface area (Å²) in [5.41, 5.74) is -0.979. The summed E-state index contributed by atoms with van der Waals surface area (Å²) < 4.78 is 40.0. The first kappa shape index (κ1) is 16.7. The first-order valence-corrected chi connectivity index (χ1v) is 7.82. The largest absolute Gasteiger partial charge is 0.417 e. The zero-order chi connectivity index (χ0) is 17.5. The number of anilines is 1. The zero-order valence-corrected chi connectivity index (χ0v) is 13.7. The van der Waals surface area contributed by atoms with E-state index in [2.05, 4.69) is 9.97 Å². The fourth-order valence-electron chi connectivity index (χ4n) is 2.11. The van der Waals surface area contributed by atoms with Crippen LogP contribution in [-0.4, -0.2) is 22.9 Å². The van der Waals surface area contributed by atoms with Gasteiger partial charge in [-0.2, -0.15) is 13.2 Å². The number of amides is 1. The van der Waals surface area contributed by atoms with Crippen LogP contribution in [0.2, 0.25) is 5.02 Å².